The molecule has 1 aromatic heterocycles. The molecule has 1 saturated heterocycles. The molecule has 19 heavy (non-hydrogen) atoms. The molecule has 1 fully saturated rings. The minimum Gasteiger partial charge on any atom is -0.339 e. The highest BCUT2D eigenvalue weighted by atomic mass is 15.3. The van der Waals surface area contributed by atoms with Crippen molar-refractivity contribution in [1.82, 2.24) is 20.5 Å². The standard InChI is InChI=1S/C14H25N5/c1-4-7-15-9-13-6-5-8-19(10-13)14-16-11(2)12(3)17-18-14/h13,15H,4-10H2,1-3H3. The normalized spacial score (nSPS) is 19.7. The van der Waals surface area contributed by atoms with Gasteiger partial charge in [-0.1, -0.05) is 6.92 Å². The summed E-state index contributed by atoms with van der Waals surface area (Å²) >= 11 is 0. The van der Waals surface area contributed by atoms with E-state index in [4.69, 9.17) is 0 Å². The molecule has 1 atom stereocenters. The summed E-state index contributed by atoms with van der Waals surface area (Å²) in [7, 11) is 0. The Bertz CT molecular complexity index is 407. The molecule has 0 saturated carbocycles. The van der Waals surface area contributed by atoms with Crippen molar-refractivity contribution >= 4 is 5.95 Å². The number of aryl methyl sites for hydroxylation is 2. The Kier molecular flexibility index (Phi) is 5.07. The highest BCUT2D eigenvalue weighted by Gasteiger charge is 2.22. The van der Waals surface area contributed by atoms with Crippen LogP contribution in [0.1, 0.15) is 37.6 Å². The molecule has 0 radical (unpaired) electrons. The third kappa shape index (κ3) is 3.86. The van der Waals surface area contributed by atoms with E-state index in [0.717, 1.165) is 43.5 Å². The number of rotatable bonds is 5. The first-order chi connectivity index (χ1) is 9.20. The second-order valence-electron chi connectivity index (χ2n) is 5.44. The van der Waals surface area contributed by atoms with Crippen LogP contribution >= 0.6 is 0 Å². The van der Waals surface area contributed by atoms with E-state index in [9.17, 15) is 0 Å². The summed E-state index contributed by atoms with van der Waals surface area (Å²) < 4.78 is 0. The smallest absolute Gasteiger partial charge is 0.245 e. The van der Waals surface area contributed by atoms with Gasteiger partial charge in [-0.15, -0.1) is 5.10 Å². The van der Waals surface area contributed by atoms with Crippen molar-refractivity contribution in [3.63, 3.8) is 0 Å². The lowest BCUT2D eigenvalue weighted by atomic mass is 9.98. The van der Waals surface area contributed by atoms with E-state index in [1.165, 1.54) is 19.3 Å². The van der Waals surface area contributed by atoms with Gasteiger partial charge in [-0.3, -0.25) is 0 Å². The summed E-state index contributed by atoms with van der Waals surface area (Å²) in [5, 5.41) is 11.9. The maximum absolute atomic E-state index is 4.56. The summed E-state index contributed by atoms with van der Waals surface area (Å²) in [6.07, 6.45) is 3.71. The Balaban J connectivity index is 1.94. The van der Waals surface area contributed by atoms with Gasteiger partial charge in [0.2, 0.25) is 5.95 Å². The molecule has 1 unspecified atom stereocenters. The van der Waals surface area contributed by atoms with Gasteiger partial charge in [0.25, 0.3) is 0 Å². The summed E-state index contributed by atoms with van der Waals surface area (Å²) in [5.41, 5.74) is 1.90. The molecule has 0 aromatic carbocycles. The van der Waals surface area contributed by atoms with Gasteiger partial charge in [0, 0.05) is 13.1 Å². The van der Waals surface area contributed by atoms with Crippen LogP contribution in [-0.2, 0) is 0 Å². The maximum Gasteiger partial charge on any atom is 0.245 e. The molecule has 0 bridgehead atoms. The Morgan fingerprint density at radius 2 is 2.11 bits per heavy atom. The summed E-state index contributed by atoms with van der Waals surface area (Å²) in [4.78, 5) is 6.84. The maximum atomic E-state index is 4.56. The van der Waals surface area contributed by atoms with Crippen molar-refractivity contribution in [1.29, 1.82) is 0 Å². The van der Waals surface area contributed by atoms with Crippen molar-refractivity contribution < 1.29 is 0 Å². The van der Waals surface area contributed by atoms with E-state index < -0.39 is 0 Å². The zero-order valence-electron chi connectivity index (χ0n) is 12.3. The molecule has 106 valence electrons. The number of piperidine rings is 1. The van der Waals surface area contributed by atoms with Gasteiger partial charge in [-0.05, 0) is 52.1 Å². The van der Waals surface area contributed by atoms with E-state index in [2.05, 4.69) is 32.3 Å². The van der Waals surface area contributed by atoms with Gasteiger partial charge in [0.05, 0.1) is 11.4 Å². The van der Waals surface area contributed by atoms with Crippen LogP contribution in [0.25, 0.3) is 0 Å². The zero-order valence-corrected chi connectivity index (χ0v) is 12.3. The molecule has 2 heterocycles. The lowest BCUT2D eigenvalue weighted by Gasteiger charge is -2.32. The highest BCUT2D eigenvalue weighted by Crippen LogP contribution is 2.19. The van der Waals surface area contributed by atoms with Crippen molar-refractivity contribution in [2.24, 2.45) is 5.92 Å². The predicted octanol–water partition coefficient (Wildman–Crippen LogP) is 1.70. The van der Waals surface area contributed by atoms with Gasteiger partial charge < -0.3 is 10.2 Å². The quantitative estimate of drug-likeness (QED) is 0.820. The molecule has 1 aromatic rings. The van der Waals surface area contributed by atoms with Gasteiger partial charge in [0.15, 0.2) is 0 Å². The van der Waals surface area contributed by atoms with Crippen LogP contribution in [0.5, 0.6) is 0 Å². The van der Waals surface area contributed by atoms with Crippen LogP contribution in [0.2, 0.25) is 0 Å². The van der Waals surface area contributed by atoms with Crippen LogP contribution in [0.3, 0.4) is 0 Å². The molecule has 0 spiro atoms. The first-order valence-electron chi connectivity index (χ1n) is 7.34. The van der Waals surface area contributed by atoms with Crippen LogP contribution in [0.15, 0.2) is 0 Å². The average Bonchev–Trinajstić information content (AvgIpc) is 2.43. The highest BCUT2D eigenvalue weighted by molar-refractivity contribution is 5.30. The van der Waals surface area contributed by atoms with Crippen molar-refractivity contribution in [3.05, 3.63) is 11.4 Å². The van der Waals surface area contributed by atoms with Gasteiger partial charge >= 0.3 is 0 Å². The summed E-state index contributed by atoms with van der Waals surface area (Å²) in [6.45, 7) is 10.5. The lowest BCUT2D eigenvalue weighted by molar-refractivity contribution is 0.388. The van der Waals surface area contributed by atoms with E-state index >= 15 is 0 Å². The molecule has 0 aliphatic carbocycles. The largest absolute Gasteiger partial charge is 0.339 e. The molecule has 0 amide bonds. The molecule has 2 rings (SSSR count). The number of hydrogen-bond donors (Lipinski definition) is 1. The van der Waals surface area contributed by atoms with Crippen molar-refractivity contribution in [2.45, 2.75) is 40.0 Å². The van der Waals surface area contributed by atoms with Crippen LogP contribution in [0.4, 0.5) is 5.95 Å². The van der Waals surface area contributed by atoms with Crippen LogP contribution in [0, 0.1) is 19.8 Å². The minimum absolute atomic E-state index is 0.700. The fraction of sp³-hybridized carbons (Fsp3) is 0.786. The number of anilines is 1. The van der Waals surface area contributed by atoms with Gasteiger partial charge in [-0.2, -0.15) is 5.10 Å². The minimum atomic E-state index is 0.700. The number of aromatic nitrogens is 3. The summed E-state index contributed by atoms with van der Waals surface area (Å²) in [6, 6.07) is 0. The van der Waals surface area contributed by atoms with Gasteiger partial charge in [-0.25, -0.2) is 4.98 Å². The molecule has 1 N–H and O–H groups in total. The Labute approximate surface area is 115 Å². The van der Waals surface area contributed by atoms with E-state index in [1.807, 2.05) is 13.8 Å². The van der Waals surface area contributed by atoms with Gasteiger partial charge in [0.1, 0.15) is 0 Å². The van der Waals surface area contributed by atoms with Crippen LogP contribution < -0.4 is 10.2 Å². The first-order valence-corrected chi connectivity index (χ1v) is 7.34. The SMILES string of the molecule is CCCNCC1CCCN(c2nnc(C)c(C)n2)C1. The predicted molar refractivity (Wildman–Crippen MR) is 77.4 cm³/mol. The third-order valence-corrected chi connectivity index (χ3v) is 3.74. The number of hydrogen-bond acceptors (Lipinski definition) is 5. The Morgan fingerprint density at radius 3 is 2.84 bits per heavy atom. The zero-order chi connectivity index (χ0) is 13.7. The molecule has 1 aliphatic rings. The molecule has 5 nitrogen and oxygen atoms in total. The van der Waals surface area contributed by atoms with Crippen LogP contribution in [-0.4, -0.2) is 41.4 Å². The monoisotopic (exact) mass is 263 g/mol. The van der Waals surface area contributed by atoms with Crippen molar-refractivity contribution in [2.75, 3.05) is 31.1 Å². The molecule has 5 heteroatoms. The Morgan fingerprint density at radius 1 is 1.26 bits per heavy atom. The average molecular weight is 263 g/mol. The van der Waals surface area contributed by atoms with E-state index in [1.54, 1.807) is 0 Å². The number of nitrogens with zero attached hydrogens (tertiary/aromatic N) is 4. The Hall–Kier alpha value is -1.23. The second-order valence-corrected chi connectivity index (χ2v) is 5.44. The first kappa shape index (κ1) is 14.2. The second kappa shape index (κ2) is 6.80. The number of nitrogens with one attached hydrogen (secondary N) is 1. The molecular formula is C14H25N5. The molecular weight excluding hydrogens is 238 g/mol. The van der Waals surface area contributed by atoms with Crippen molar-refractivity contribution in [3.8, 4) is 0 Å². The summed E-state index contributed by atoms with van der Waals surface area (Å²) in [5.74, 6) is 1.49. The van der Waals surface area contributed by atoms with E-state index in [0.29, 0.717) is 5.92 Å². The fourth-order valence-corrected chi connectivity index (χ4v) is 2.48. The molecule has 1 aliphatic heterocycles. The topological polar surface area (TPSA) is 53.9 Å². The lowest BCUT2D eigenvalue weighted by Crippen LogP contribution is -2.40. The fourth-order valence-electron chi connectivity index (χ4n) is 2.48. The van der Waals surface area contributed by atoms with E-state index in [-0.39, 0.29) is 0 Å². The third-order valence-electron chi connectivity index (χ3n) is 3.74.